The van der Waals surface area contributed by atoms with Crippen molar-refractivity contribution in [2.24, 2.45) is 0 Å². The Hall–Kier alpha value is -0.380. The summed E-state index contributed by atoms with van der Waals surface area (Å²) >= 11 is 0. The lowest BCUT2D eigenvalue weighted by molar-refractivity contribution is -0.0481. The number of allylic oxidation sites excluding steroid dienone is 2. The average molecular weight is 480 g/mol. The fraction of sp³-hybridized carbons (Fsp3) is 0.935. The van der Waals surface area contributed by atoms with Gasteiger partial charge in [-0.3, -0.25) is 0 Å². The summed E-state index contributed by atoms with van der Waals surface area (Å²) in [6.07, 6.45) is 32.3. The van der Waals surface area contributed by atoms with E-state index in [0.717, 1.165) is 26.3 Å². The van der Waals surface area contributed by atoms with Crippen molar-refractivity contribution in [1.29, 1.82) is 0 Å². The van der Waals surface area contributed by atoms with Gasteiger partial charge in [0.15, 0.2) is 0 Å². The van der Waals surface area contributed by atoms with E-state index in [9.17, 15) is 0 Å². The number of rotatable bonds is 25. The summed E-state index contributed by atoms with van der Waals surface area (Å²) in [5.74, 6) is 0. The third kappa shape index (κ3) is 18.9. The molecule has 3 heteroatoms. The van der Waals surface area contributed by atoms with Crippen molar-refractivity contribution in [3.8, 4) is 0 Å². The Kier molecular flexibility index (Phi) is 22.6. The van der Waals surface area contributed by atoms with E-state index in [2.05, 4.69) is 37.9 Å². The summed E-state index contributed by atoms with van der Waals surface area (Å²) in [5.41, 5.74) is 0. The van der Waals surface area contributed by atoms with Crippen molar-refractivity contribution in [3.05, 3.63) is 12.2 Å². The molecule has 1 fully saturated rings. The molecule has 0 bridgehead atoms. The predicted molar refractivity (Wildman–Crippen MR) is 150 cm³/mol. The maximum Gasteiger partial charge on any atom is 0.0975 e. The van der Waals surface area contributed by atoms with E-state index in [0.29, 0.717) is 0 Å². The largest absolute Gasteiger partial charge is 0.374 e. The predicted octanol–water partition coefficient (Wildman–Crippen LogP) is 9.10. The van der Waals surface area contributed by atoms with Gasteiger partial charge in [-0.05, 0) is 45.6 Å². The minimum absolute atomic E-state index is 0.271. The minimum atomic E-state index is 0.271. The van der Waals surface area contributed by atoms with Crippen LogP contribution in [-0.4, -0.2) is 50.5 Å². The highest BCUT2D eigenvalue weighted by Crippen LogP contribution is 2.17. The Morgan fingerprint density at radius 2 is 0.882 bits per heavy atom. The zero-order chi connectivity index (χ0) is 24.5. The van der Waals surface area contributed by atoms with Gasteiger partial charge >= 0.3 is 0 Å². The summed E-state index contributed by atoms with van der Waals surface area (Å²) in [7, 11) is 2.19. The highest BCUT2D eigenvalue weighted by Gasteiger charge is 2.32. The normalized spacial score (nSPS) is 19.0. The van der Waals surface area contributed by atoms with Gasteiger partial charge in [0.25, 0.3) is 0 Å². The molecule has 0 saturated carbocycles. The molecule has 202 valence electrons. The van der Waals surface area contributed by atoms with Crippen LogP contribution in [0.3, 0.4) is 0 Å². The van der Waals surface area contributed by atoms with Gasteiger partial charge in [0.05, 0.1) is 12.2 Å². The molecule has 0 N–H and O–H groups in total. The van der Waals surface area contributed by atoms with Gasteiger partial charge < -0.3 is 14.4 Å². The maximum atomic E-state index is 6.24. The molecule has 0 aromatic rings. The second-order valence-corrected chi connectivity index (χ2v) is 10.7. The van der Waals surface area contributed by atoms with E-state index >= 15 is 0 Å². The van der Waals surface area contributed by atoms with Gasteiger partial charge in [-0.15, -0.1) is 0 Å². The van der Waals surface area contributed by atoms with Crippen LogP contribution in [0.25, 0.3) is 0 Å². The van der Waals surface area contributed by atoms with Crippen LogP contribution in [0.2, 0.25) is 0 Å². The molecular formula is C31H61NO2. The molecule has 1 aliphatic rings. The lowest BCUT2D eigenvalue weighted by Crippen LogP contribution is -2.30. The van der Waals surface area contributed by atoms with Crippen LogP contribution in [0.4, 0.5) is 0 Å². The summed E-state index contributed by atoms with van der Waals surface area (Å²) in [6, 6.07) is 0. The van der Waals surface area contributed by atoms with Crippen LogP contribution in [-0.2, 0) is 9.47 Å². The van der Waals surface area contributed by atoms with Gasteiger partial charge in [0.1, 0.15) is 0 Å². The third-order valence-electron chi connectivity index (χ3n) is 7.22. The Morgan fingerprint density at radius 3 is 1.29 bits per heavy atom. The van der Waals surface area contributed by atoms with Gasteiger partial charge in [-0.2, -0.15) is 0 Å². The van der Waals surface area contributed by atoms with Crippen LogP contribution in [0.5, 0.6) is 0 Å². The standard InChI is InChI=1S/C31H61NO2/c1-4-6-8-10-12-13-14-15-16-17-18-19-20-21-23-25-27-34-31-29-32(3)28-30(31)33-26-24-22-11-9-7-5-2/h15-16,30-31H,4-14,17-29H2,1-3H3/t30-,31-/m0/s1. The number of unbranched alkanes of at least 4 members (excludes halogenated alkanes) is 17. The molecule has 0 radical (unpaired) electrons. The van der Waals surface area contributed by atoms with E-state index < -0.39 is 0 Å². The minimum Gasteiger partial charge on any atom is -0.374 e. The van der Waals surface area contributed by atoms with E-state index in [1.807, 2.05) is 0 Å². The molecule has 0 aromatic carbocycles. The molecule has 1 aliphatic heterocycles. The first-order valence-corrected chi connectivity index (χ1v) is 15.3. The van der Waals surface area contributed by atoms with Crippen molar-refractivity contribution >= 4 is 0 Å². The number of hydrogen-bond acceptors (Lipinski definition) is 3. The number of likely N-dealkylation sites (tertiary alicyclic amines) is 1. The first-order chi connectivity index (χ1) is 16.8. The zero-order valence-corrected chi connectivity index (χ0v) is 23.5. The van der Waals surface area contributed by atoms with Crippen LogP contribution in [0.15, 0.2) is 12.2 Å². The molecule has 0 spiro atoms. The van der Waals surface area contributed by atoms with Crippen molar-refractivity contribution in [1.82, 2.24) is 4.90 Å². The van der Waals surface area contributed by atoms with Crippen LogP contribution >= 0.6 is 0 Å². The van der Waals surface area contributed by atoms with Crippen LogP contribution < -0.4 is 0 Å². The number of likely N-dealkylation sites (N-methyl/N-ethyl adjacent to an activating group) is 1. The van der Waals surface area contributed by atoms with E-state index in [-0.39, 0.29) is 12.2 Å². The summed E-state index contributed by atoms with van der Waals surface area (Å²) in [4.78, 5) is 2.36. The first-order valence-electron chi connectivity index (χ1n) is 15.3. The van der Waals surface area contributed by atoms with E-state index in [4.69, 9.17) is 9.47 Å². The summed E-state index contributed by atoms with van der Waals surface area (Å²) in [5, 5.41) is 0. The molecule has 3 nitrogen and oxygen atoms in total. The average Bonchev–Trinajstić information content (AvgIpc) is 3.19. The van der Waals surface area contributed by atoms with Gasteiger partial charge in [0, 0.05) is 26.3 Å². The van der Waals surface area contributed by atoms with Crippen LogP contribution in [0.1, 0.15) is 142 Å². The SMILES string of the molecule is CCCCCCCCC=CCCCCCCCCO[C@H]1CN(C)C[C@@H]1OCCCCCCCC. The zero-order valence-electron chi connectivity index (χ0n) is 23.5. The Labute approximate surface area is 214 Å². The smallest absolute Gasteiger partial charge is 0.0975 e. The van der Waals surface area contributed by atoms with Gasteiger partial charge in [0.2, 0.25) is 0 Å². The van der Waals surface area contributed by atoms with Crippen molar-refractivity contribution < 1.29 is 9.47 Å². The number of hydrogen-bond donors (Lipinski definition) is 0. The molecule has 1 heterocycles. The third-order valence-corrected chi connectivity index (χ3v) is 7.22. The van der Waals surface area contributed by atoms with E-state index in [1.165, 1.54) is 128 Å². The van der Waals surface area contributed by atoms with Crippen LogP contribution in [0, 0.1) is 0 Å². The van der Waals surface area contributed by atoms with Crippen molar-refractivity contribution in [3.63, 3.8) is 0 Å². The Balaban J connectivity index is 1.89. The fourth-order valence-corrected chi connectivity index (χ4v) is 4.95. The molecule has 2 atom stereocenters. The summed E-state index contributed by atoms with van der Waals surface area (Å²) < 4.78 is 12.4. The number of ether oxygens (including phenoxy) is 2. The lowest BCUT2D eigenvalue weighted by atomic mass is 10.1. The topological polar surface area (TPSA) is 21.7 Å². The number of nitrogens with zero attached hydrogens (tertiary/aromatic N) is 1. The molecule has 0 aliphatic carbocycles. The monoisotopic (exact) mass is 479 g/mol. The fourth-order valence-electron chi connectivity index (χ4n) is 4.95. The first kappa shape index (κ1) is 31.6. The van der Waals surface area contributed by atoms with Gasteiger partial charge in [-0.25, -0.2) is 0 Å². The molecule has 0 amide bonds. The Bertz CT molecular complexity index is 439. The quantitative estimate of drug-likeness (QED) is 0.0962. The highest BCUT2D eigenvalue weighted by molar-refractivity contribution is 4.84. The second-order valence-electron chi connectivity index (χ2n) is 10.7. The van der Waals surface area contributed by atoms with Crippen molar-refractivity contribution in [2.75, 3.05) is 33.4 Å². The highest BCUT2D eigenvalue weighted by atomic mass is 16.5. The molecule has 34 heavy (non-hydrogen) atoms. The molecule has 1 rings (SSSR count). The molecule has 1 saturated heterocycles. The maximum absolute atomic E-state index is 6.24. The Morgan fingerprint density at radius 1 is 0.529 bits per heavy atom. The van der Waals surface area contributed by atoms with Gasteiger partial charge in [-0.1, -0.05) is 116 Å². The summed E-state index contributed by atoms with van der Waals surface area (Å²) in [6.45, 7) is 8.41. The molecule has 0 unspecified atom stereocenters. The molecule has 0 aromatic heterocycles. The van der Waals surface area contributed by atoms with Crippen molar-refractivity contribution in [2.45, 2.75) is 154 Å². The second kappa shape index (κ2) is 24.3. The van der Waals surface area contributed by atoms with E-state index in [1.54, 1.807) is 0 Å². The molecular weight excluding hydrogens is 418 g/mol. The lowest BCUT2D eigenvalue weighted by Gasteiger charge is -2.20.